The number of fused-ring (bicyclic) bond motifs is 1. The molecule has 10 heteroatoms. The number of ether oxygens (including phenoxy) is 2. The van der Waals surface area contributed by atoms with Crippen LogP contribution in [0.5, 0.6) is 11.5 Å². The Morgan fingerprint density at radius 3 is 2.60 bits per heavy atom. The number of rotatable bonds is 10. The molecule has 0 bridgehead atoms. The summed E-state index contributed by atoms with van der Waals surface area (Å²) in [5.41, 5.74) is 4.05. The Labute approximate surface area is 251 Å². The van der Waals surface area contributed by atoms with Crippen molar-refractivity contribution >= 4 is 48.8 Å². The first-order valence-corrected chi connectivity index (χ1v) is 15.1. The molecule has 0 aliphatic heterocycles. The first kappa shape index (κ1) is 29.1. The van der Waals surface area contributed by atoms with Crippen molar-refractivity contribution in [1.82, 2.24) is 9.71 Å². The number of amides is 1. The number of carbonyl (C=O) groups excluding carboxylic acids is 1. The van der Waals surface area contributed by atoms with Gasteiger partial charge < -0.3 is 14.5 Å². The van der Waals surface area contributed by atoms with Gasteiger partial charge in [0.1, 0.15) is 28.8 Å². The quantitative estimate of drug-likeness (QED) is 0.163. The van der Waals surface area contributed by atoms with Crippen molar-refractivity contribution in [2.75, 3.05) is 7.11 Å². The average molecular weight is 650 g/mol. The maximum Gasteiger partial charge on any atom is 0.268 e. The molecule has 7 nitrogen and oxygen atoms in total. The molecule has 4 aromatic carbocycles. The van der Waals surface area contributed by atoms with Crippen LogP contribution in [-0.2, 0) is 27.8 Å². The van der Waals surface area contributed by atoms with E-state index < -0.39 is 21.7 Å². The van der Waals surface area contributed by atoms with Crippen molar-refractivity contribution < 1.29 is 27.1 Å². The molecule has 0 fully saturated rings. The van der Waals surface area contributed by atoms with Gasteiger partial charge in [0.15, 0.2) is 0 Å². The summed E-state index contributed by atoms with van der Waals surface area (Å²) < 4.78 is 53.4. The van der Waals surface area contributed by atoms with E-state index in [1.165, 1.54) is 37.5 Å². The van der Waals surface area contributed by atoms with Gasteiger partial charge in [-0.15, -0.1) is 0 Å². The highest BCUT2D eigenvalue weighted by Crippen LogP contribution is 2.28. The van der Waals surface area contributed by atoms with Crippen LogP contribution in [0.3, 0.4) is 0 Å². The van der Waals surface area contributed by atoms with E-state index in [0.29, 0.717) is 23.1 Å². The van der Waals surface area contributed by atoms with Crippen molar-refractivity contribution in [1.29, 1.82) is 0 Å². The molecule has 0 saturated carbocycles. The second kappa shape index (κ2) is 12.6. The summed E-state index contributed by atoms with van der Waals surface area (Å²) in [6.45, 7) is 0.459. The number of hydrogen-bond donors (Lipinski definition) is 2. The number of aromatic amines is 1. The van der Waals surface area contributed by atoms with Gasteiger partial charge in [-0.3, -0.25) is 4.79 Å². The smallest absolute Gasteiger partial charge is 0.268 e. The summed E-state index contributed by atoms with van der Waals surface area (Å²) in [5.74, 6) is -0.546. The molecule has 42 heavy (non-hydrogen) atoms. The summed E-state index contributed by atoms with van der Waals surface area (Å²) in [5, 5.41) is 0.960. The fourth-order valence-corrected chi connectivity index (χ4v) is 6.09. The largest absolute Gasteiger partial charge is 0.495 e. The van der Waals surface area contributed by atoms with Crippen LogP contribution < -0.4 is 14.2 Å². The molecule has 2 N–H and O–H groups in total. The SMILES string of the molecule is COc1ccc(Br)cc1S(=O)(=O)NC(=O)/C=C/c1cc(F)ccc1Cc1cc2cc(OCc3ccccc3)ccc2[nH]1. The number of halogens is 2. The molecule has 0 unspecified atom stereocenters. The van der Waals surface area contributed by atoms with Crippen LogP contribution in [0.15, 0.2) is 106 Å². The highest BCUT2D eigenvalue weighted by atomic mass is 79.9. The van der Waals surface area contributed by atoms with Crippen molar-refractivity contribution in [3.63, 3.8) is 0 Å². The topological polar surface area (TPSA) is 97.5 Å². The molecule has 0 spiro atoms. The van der Waals surface area contributed by atoms with Crippen LogP contribution in [0.2, 0.25) is 0 Å². The zero-order valence-electron chi connectivity index (χ0n) is 22.4. The van der Waals surface area contributed by atoms with Gasteiger partial charge in [0, 0.05) is 33.6 Å². The standard InChI is InChI=1S/C32H26BrFN2O5S/c1-40-30-13-9-25(33)19-31(30)42(38,39)36-32(37)14-8-22-15-26(34)10-7-23(22)16-27-17-24-18-28(11-12-29(24)35-27)41-20-21-5-3-2-4-6-21/h2-15,17-19,35H,16,20H2,1H3,(H,36,37)/b14-8+. The Hall–Kier alpha value is -4.41. The summed E-state index contributed by atoms with van der Waals surface area (Å²) in [7, 11) is -2.89. The molecule has 0 radical (unpaired) electrons. The Bertz CT molecular complexity index is 1890. The first-order valence-electron chi connectivity index (χ1n) is 12.9. The number of nitrogens with one attached hydrogen (secondary N) is 2. The van der Waals surface area contributed by atoms with Gasteiger partial charge in [-0.05, 0) is 77.4 Å². The normalized spacial score (nSPS) is 11.6. The highest BCUT2D eigenvalue weighted by Gasteiger charge is 2.21. The van der Waals surface area contributed by atoms with Crippen molar-refractivity contribution in [2.24, 2.45) is 0 Å². The van der Waals surface area contributed by atoms with Crippen LogP contribution >= 0.6 is 15.9 Å². The summed E-state index contributed by atoms with van der Waals surface area (Å²) in [6.07, 6.45) is 2.87. The molecule has 0 aliphatic rings. The van der Waals surface area contributed by atoms with Crippen LogP contribution in [0, 0.1) is 5.82 Å². The van der Waals surface area contributed by atoms with E-state index in [9.17, 15) is 17.6 Å². The molecule has 5 rings (SSSR count). The first-order chi connectivity index (χ1) is 20.2. The van der Waals surface area contributed by atoms with E-state index in [1.54, 1.807) is 12.1 Å². The molecule has 214 valence electrons. The van der Waals surface area contributed by atoms with Gasteiger partial charge >= 0.3 is 0 Å². The van der Waals surface area contributed by atoms with E-state index in [1.807, 2.05) is 59.3 Å². The van der Waals surface area contributed by atoms with Crippen molar-refractivity contribution in [3.05, 3.63) is 130 Å². The van der Waals surface area contributed by atoms with E-state index in [0.717, 1.165) is 39.5 Å². The maximum absolute atomic E-state index is 14.2. The van der Waals surface area contributed by atoms with Crippen molar-refractivity contribution in [2.45, 2.75) is 17.9 Å². The van der Waals surface area contributed by atoms with Gasteiger partial charge in [0.05, 0.1) is 7.11 Å². The number of aromatic nitrogens is 1. The molecule has 0 saturated heterocycles. The number of hydrogen-bond acceptors (Lipinski definition) is 5. The molecular formula is C32H26BrFN2O5S. The summed E-state index contributed by atoms with van der Waals surface area (Å²) >= 11 is 3.23. The zero-order chi connectivity index (χ0) is 29.7. The third kappa shape index (κ3) is 7.07. The molecule has 1 heterocycles. The van der Waals surface area contributed by atoms with Gasteiger partial charge in [-0.1, -0.05) is 52.3 Å². The number of sulfonamides is 1. The summed E-state index contributed by atoms with van der Waals surface area (Å²) in [4.78, 5) is 15.8. The Morgan fingerprint density at radius 1 is 1.00 bits per heavy atom. The third-order valence-corrected chi connectivity index (χ3v) is 8.31. The minimum absolute atomic E-state index is 0.0862. The Morgan fingerprint density at radius 2 is 1.81 bits per heavy atom. The van der Waals surface area contributed by atoms with Crippen LogP contribution in [0.1, 0.15) is 22.4 Å². The van der Waals surface area contributed by atoms with Crippen LogP contribution in [-0.4, -0.2) is 26.4 Å². The van der Waals surface area contributed by atoms with E-state index in [4.69, 9.17) is 9.47 Å². The maximum atomic E-state index is 14.2. The minimum atomic E-state index is -4.23. The fraction of sp³-hybridized carbons (Fsp3) is 0.0938. The second-order valence-corrected chi connectivity index (χ2v) is 12.0. The molecular weight excluding hydrogens is 623 g/mol. The van der Waals surface area contributed by atoms with Gasteiger partial charge in [-0.25, -0.2) is 17.5 Å². The number of carbonyl (C=O) groups is 1. The number of H-pyrrole nitrogens is 1. The second-order valence-electron chi connectivity index (χ2n) is 9.44. The fourth-order valence-electron chi connectivity index (χ4n) is 4.43. The lowest BCUT2D eigenvalue weighted by Crippen LogP contribution is -2.29. The van der Waals surface area contributed by atoms with Gasteiger partial charge in [-0.2, -0.15) is 0 Å². The van der Waals surface area contributed by atoms with Gasteiger partial charge in [0.25, 0.3) is 15.9 Å². The molecule has 1 aromatic heterocycles. The van der Waals surface area contributed by atoms with E-state index in [2.05, 4.69) is 20.9 Å². The number of benzene rings is 4. The predicted octanol–water partition coefficient (Wildman–Crippen LogP) is 6.77. The lowest BCUT2D eigenvalue weighted by molar-refractivity contribution is -0.114. The Balaban J connectivity index is 1.31. The lowest BCUT2D eigenvalue weighted by Gasteiger charge is -2.10. The summed E-state index contributed by atoms with van der Waals surface area (Å²) in [6, 6.07) is 26.4. The molecule has 0 atom stereocenters. The highest BCUT2D eigenvalue weighted by molar-refractivity contribution is 9.10. The third-order valence-electron chi connectivity index (χ3n) is 6.45. The lowest BCUT2D eigenvalue weighted by atomic mass is 10.0. The van der Waals surface area contributed by atoms with Crippen molar-refractivity contribution in [3.8, 4) is 11.5 Å². The van der Waals surface area contributed by atoms with Crippen LogP contribution in [0.25, 0.3) is 17.0 Å². The van der Waals surface area contributed by atoms with E-state index >= 15 is 0 Å². The zero-order valence-corrected chi connectivity index (χ0v) is 24.8. The van der Waals surface area contributed by atoms with Crippen LogP contribution in [0.4, 0.5) is 4.39 Å². The molecule has 1 amide bonds. The predicted molar refractivity (Wildman–Crippen MR) is 163 cm³/mol. The Kier molecular flexibility index (Phi) is 8.75. The number of methoxy groups -OCH3 is 1. The van der Waals surface area contributed by atoms with Gasteiger partial charge in [0.2, 0.25) is 0 Å². The van der Waals surface area contributed by atoms with E-state index in [-0.39, 0.29) is 10.6 Å². The molecule has 5 aromatic rings. The average Bonchev–Trinajstić information content (AvgIpc) is 3.38. The molecule has 0 aliphatic carbocycles. The monoisotopic (exact) mass is 648 g/mol. The minimum Gasteiger partial charge on any atom is -0.495 e.